The van der Waals surface area contributed by atoms with Crippen molar-refractivity contribution in [3.05, 3.63) is 22.7 Å². The zero-order chi connectivity index (χ0) is 17.7. The smallest absolute Gasteiger partial charge is 0.255 e. The summed E-state index contributed by atoms with van der Waals surface area (Å²) in [6.45, 7) is 1.03. The summed E-state index contributed by atoms with van der Waals surface area (Å²) in [6.07, 6.45) is 1.99. The monoisotopic (exact) mass is 391 g/mol. The summed E-state index contributed by atoms with van der Waals surface area (Å²) in [4.78, 5) is 25.4. The molecule has 2 rings (SSSR count). The lowest BCUT2D eigenvalue weighted by Gasteiger charge is -2.32. The fourth-order valence-electron chi connectivity index (χ4n) is 2.71. The molecule has 1 atom stereocenters. The van der Waals surface area contributed by atoms with E-state index in [9.17, 15) is 9.59 Å². The van der Waals surface area contributed by atoms with Crippen LogP contribution >= 0.6 is 24.0 Å². The van der Waals surface area contributed by atoms with Crippen molar-refractivity contribution in [1.29, 1.82) is 0 Å². The minimum absolute atomic E-state index is 0. The first kappa shape index (κ1) is 21.3. The number of rotatable bonds is 6. The maximum Gasteiger partial charge on any atom is 0.255 e. The van der Waals surface area contributed by atoms with Crippen LogP contribution in [-0.2, 0) is 4.79 Å². The van der Waals surface area contributed by atoms with E-state index in [1.54, 1.807) is 11.0 Å². The molecule has 0 spiro atoms. The second-order valence-electron chi connectivity index (χ2n) is 5.62. The average Bonchev–Trinajstić information content (AvgIpc) is 2.59. The van der Waals surface area contributed by atoms with Gasteiger partial charge in [-0.05, 0) is 32.0 Å². The van der Waals surface area contributed by atoms with Gasteiger partial charge in [-0.2, -0.15) is 0 Å². The van der Waals surface area contributed by atoms with Gasteiger partial charge < -0.3 is 25.4 Å². The molecule has 2 amide bonds. The van der Waals surface area contributed by atoms with Crippen molar-refractivity contribution in [3.8, 4) is 11.5 Å². The Morgan fingerprint density at radius 3 is 2.76 bits per heavy atom. The number of nitrogens with zero attached hydrogens (tertiary/aromatic N) is 1. The molecule has 1 aromatic carbocycles. The lowest BCUT2D eigenvalue weighted by atomic mass is 10.0. The van der Waals surface area contributed by atoms with Gasteiger partial charge in [0.05, 0.1) is 12.1 Å². The molecule has 7 nitrogen and oxygen atoms in total. The number of hydrogen-bond acceptors (Lipinski definition) is 5. The van der Waals surface area contributed by atoms with Crippen LogP contribution in [0.3, 0.4) is 0 Å². The molecule has 1 saturated heterocycles. The number of benzene rings is 1. The third-order valence-corrected chi connectivity index (χ3v) is 4.23. The standard InChI is InChI=1S/C16H22ClN3O4.ClH/c1-19-11-4-3-5-20(8-11)16(22)10-6-12(17)15(13(7-10)23-2)24-9-14(18)21;/h6-7,11,19H,3-5,8-9H2,1-2H3,(H2,18,21);1H. The summed E-state index contributed by atoms with van der Waals surface area (Å²) in [5, 5.41) is 3.40. The molecule has 1 heterocycles. The van der Waals surface area contributed by atoms with E-state index in [2.05, 4.69) is 5.32 Å². The van der Waals surface area contributed by atoms with Crippen molar-refractivity contribution in [2.45, 2.75) is 18.9 Å². The predicted molar refractivity (Wildman–Crippen MR) is 97.9 cm³/mol. The van der Waals surface area contributed by atoms with Crippen molar-refractivity contribution in [1.82, 2.24) is 10.2 Å². The Balaban J connectivity index is 0.00000312. The number of nitrogens with one attached hydrogen (secondary N) is 1. The molecular weight excluding hydrogens is 369 g/mol. The van der Waals surface area contributed by atoms with Crippen LogP contribution in [-0.4, -0.2) is 56.6 Å². The number of primary amides is 1. The molecule has 1 aliphatic heterocycles. The van der Waals surface area contributed by atoms with Crippen LogP contribution < -0.4 is 20.5 Å². The van der Waals surface area contributed by atoms with Gasteiger partial charge in [-0.1, -0.05) is 11.6 Å². The normalized spacial score (nSPS) is 16.8. The first-order chi connectivity index (χ1) is 11.5. The van der Waals surface area contributed by atoms with E-state index in [1.807, 2.05) is 7.05 Å². The molecule has 9 heteroatoms. The molecule has 0 saturated carbocycles. The first-order valence-electron chi connectivity index (χ1n) is 7.71. The van der Waals surface area contributed by atoms with E-state index in [-0.39, 0.29) is 41.4 Å². The van der Waals surface area contributed by atoms with E-state index in [0.29, 0.717) is 24.7 Å². The van der Waals surface area contributed by atoms with E-state index in [0.717, 1.165) is 12.8 Å². The number of nitrogens with two attached hydrogens (primary N) is 1. The van der Waals surface area contributed by atoms with E-state index in [4.69, 9.17) is 26.8 Å². The maximum atomic E-state index is 12.7. The molecule has 25 heavy (non-hydrogen) atoms. The van der Waals surface area contributed by atoms with Gasteiger partial charge in [0, 0.05) is 24.7 Å². The van der Waals surface area contributed by atoms with Crippen molar-refractivity contribution in [3.63, 3.8) is 0 Å². The number of ether oxygens (including phenoxy) is 2. The summed E-state index contributed by atoms with van der Waals surface area (Å²) in [5.41, 5.74) is 5.49. The third-order valence-electron chi connectivity index (χ3n) is 3.95. The molecule has 0 aliphatic carbocycles. The third kappa shape index (κ3) is 5.39. The van der Waals surface area contributed by atoms with Gasteiger partial charge in [-0.15, -0.1) is 12.4 Å². The summed E-state index contributed by atoms with van der Waals surface area (Å²) in [6, 6.07) is 3.37. The van der Waals surface area contributed by atoms with Crippen LogP contribution in [0.2, 0.25) is 5.02 Å². The average molecular weight is 392 g/mol. The van der Waals surface area contributed by atoms with Gasteiger partial charge in [0.25, 0.3) is 11.8 Å². The van der Waals surface area contributed by atoms with Gasteiger partial charge in [0.1, 0.15) is 0 Å². The Hall–Kier alpha value is -1.70. The molecule has 0 aromatic heterocycles. The highest BCUT2D eigenvalue weighted by Crippen LogP contribution is 2.36. The van der Waals surface area contributed by atoms with Crippen LogP contribution in [0.15, 0.2) is 12.1 Å². The molecule has 1 aromatic rings. The number of piperidine rings is 1. The number of likely N-dealkylation sites (N-methyl/N-ethyl adjacent to an activating group) is 1. The number of amides is 2. The first-order valence-corrected chi connectivity index (χ1v) is 8.09. The Bertz CT molecular complexity index is 628. The fraction of sp³-hybridized carbons (Fsp3) is 0.500. The number of halogens is 2. The van der Waals surface area contributed by atoms with Gasteiger partial charge in [0.2, 0.25) is 0 Å². The molecule has 1 unspecified atom stereocenters. The molecule has 140 valence electrons. The Morgan fingerprint density at radius 2 is 2.16 bits per heavy atom. The summed E-state index contributed by atoms with van der Waals surface area (Å²) < 4.78 is 10.5. The molecule has 0 bridgehead atoms. The van der Waals surface area contributed by atoms with E-state index < -0.39 is 5.91 Å². The second-order valence-corrected chi connectivity index (χ2v) is 6.03. The van der Waals surface area contributed by atoms with Gasteiger partial charge in [-0.25, -0.2) is 0 Å². The van der Waals surface area contributed by atoms with Crippen molar-refractivity contribution >= 4 is 35.8 Å². The topological polar surface area (TPSA) is 93.9 Å². The zero-order valence-electron chi connectivity index (χ0n) is 14.2. The molecule has 1 fully saturated rings. The number of carbonyl (C=O) groups excluding carboxylic acids is 2. The summed E-state index contributed by atoms with van der Waals surface area (Å²) in [7, 11) is 3.33. The van der Waals surface area contributed by atoms with Crippen molar-refractivity contribution < 1.29 is 19.1 Å². The summed E-state index contributed by atoms with van der Waals surface area (Å²) >= 11 is 6.20. The number of methoxy groups -OCH3 is 1. The predicted octanol–water partition coefficient (Wildman–Crippen LogP) is 1.46. The van der Waals surface area contributed by atoms with Crippen LogP contribution in [0.1, 0.15) is 23.2 Å². The fourth-order valence-corrected chi connectivity index (χ4v) is 2.97. The van der Waals surface area contributed by atoms with E-state index >= 15 is 0 Å². The maximum absolute atomic E-state index is 12.7. The van der Waals surface area contributed by atoms with Crippen LogP contribution in [0, 0.1) is 0 Å². The molecular formula is C16H23Cl2N3O4. The van der Waals surface area contributed by atoms with Gasteiger partial charge in [0.15, 0.2) is 18.1 Å². The quantitative estimate of drug-likeness (QED) is 0.765. The van der Waals surface area contributed by atoms with Crippen molar-refractivity contribution in [2.24, 2.45) is 5.73 Å². The lowest BCUT2D eigenvalue weighted by molar-refractivity contribution is -0.119. The highest BCUT2D eigenvalue weighted by molar-refractivity contribution is 6.32. The van der Waals surface area contributed by atoms with Crippen LogP contribution in [0.5, 0.6) is 11.5 Å². The largest absolute Gasteiger partial charge is 0.493 e. The zero-order valence-corrected chi connectivity index (χ0v) is 15.8. The highest BCUT2D eigenvalue weighted by Gasteiger charge is 2.25. The van der Waals surface area contributed by atoms with Crippen molar-refractivity contribution in [2.75, 3.05) is 33.9 Å². The highest BCUT2D eigenvalue weighted by atomic mass is 35.5. The summed E-state index contributed by atoms with van der Waals surface area (Å²) in [5.74, 6) is -0.258. The molecule has 0 radical (unpaired) electrons. The van der Waals surface area contributed by atoms with E-state index in [1.165, 1.54) is 13.2 Å². The number of likely N-dealkylation sites (tertiary alicyclic amines) is 1. The number of hydrogen-bond donors (Lipinski definition) is 2. The minimum atomic E-state index is -0.625. The lowest BCUT2D eigenvalue weighted by Crippen LogP contribution is -2.46. The van der Waals surface area contributed by atoms with Gasteiger partial charge >= 0.3 is 0 Å². The minimum Gasteiger partial charge on any atom is -0.493 e. The van der Waals surface area contributed by atoms with Crippen LogP contribution in [0.25, 0.3) is 0 Å². The second kappa shape index (κ2) is 9.70. The molecule has 3 N–H and O–H groups in total. The number of carbonyl (C=O) groups is 2. The molecule has 1 aliphatic rings. The Kier molecular flexibility index (Phi) is 8.28. The SMILES string of the molecule is CNC1CCCN(C(=O)c2cc(Cl)c(OCC(N)=O)c(OC)c2)C1.Cl. The van der Waals surface area contributed by atoms with Crippen LogP contribution in [0.4, 0.5) is 0 Å². The van der Waals surface area contributed by atoms with Gasteiger partial charge in [-0.3, -0.25) is 9.59 Å². The Labute approximate surface area is 158 Å². The Morgan fingerprint density at radius 1 is 1.44 bits per heavy atom.